The van der Waals surface area contributed by atoms with E-state index in [-0.39, 0.29) is 30.3 Å². The third-order valence-corrected chi connectivity index (χ3v) is 3.47. The highest BCUT2D eigenvalue weighted by Gasteiger charge is 2.34. The van der Waals surface area contributed by atoms with Crippen molar-refractivity contribution >= 4 is 18.3 Å². The highest BCUT2D eigenvalue weighted by Crippen LogP contribution is 2.25. The fraction of sp³-hybridized carbons (Fsp3) is 0.615. The van der Waals surface area contributed by atoms with E-state index in [0.717, 1.165) is 19.4 Å². The lowest BCUT2D eigenvalue weighted by Crippen LogP contribution is -2.49. The molecular weight excluding hydrogens is 268 g/mol. The molecule has 1 aromatic heterocycles. The number of piperidine rings is 1. The molecule has 0 radical (unpaired) electrons. The van der Waals surface area contributed by atoms with Gasteiger partial charge >= 0.3 is 0 Å². The zero-order chi connectivity index (χ0) is 13.0. The van der Waals surface area contributed by atoms with Crippen LogP contribution in [0, 0.1) is 5.41 Å². The van der Waals surface area contributed by atoms with Crippen LogP contribution in [0.15, 0.2) is 22.8 Å². The van der Waals surface area contributed by atoms with Gasteiger partial charge in [-0.25, -0.2) is 0 Å². The normalized spacial score (nSPS) is 24.3. The van der Waals surface area contributed by atoms with Crippen LogP contribution in [0.5, 0.6) is 0 Å². The molecule has 1 aromatic rings. The Kier molecular flexibility index (Phi) is 5.85. The van der Waals surface area contributed by atoms with Gasteiger partial charge in [-0.1, -0.05) is 0 Å². The van der Waals surface area contributed by atoms with Gasteiger partial charge in [0.1, 0.15) is 11.9 Å². The number of rotatable bonds is 4. The van der Waals surface area contributed by atoms with Crippen LogP contribution in [0.1, 0.15) is 31.6 Å². The Morgan fingerprint density at radius 3 is 3.05 bits per heavy atom. The van der Waals surface area contributed by atoms with Gasteiger partial charge in [0.25, 0.3) is 0 Å². The molecule has 0 saturated carbocycles. The van der Waals surface area contributed by atoms with E-state index < -0.39 is 6.10 Å². The molecular formula is C13H21ClN2O3. The fourth-order valence-corrected chi connectivity index (χ4v) is 2.23. The van der Waals surface area contributed by atoms with Gasteiger partial charge in [0, 0.05) is 6.54 Å². The SMILES string of the molecule is CC1(C(=O)NCC(O)c2ccco2)CCCNC1.Cl. The van der Waals surface area contributed by atoms with Crippen LogP contribution >= 0.6 is 12.4 Å². The minimum absolute atomic E-state index is 0. The molecule has 19 heavy (non-hydrogen) atoms. The van der Waals surface area contributed by atoms with Gasteiger partial charge in [-0.2, -0.15) is 0 Å². The Morgan fingerprint density at radius 2 is 2.47 bits per heavy atom. The van der Waals surface area contributed by atoms with Crippen molar-refractivity contribution < 1.29 is 14.3 Å². The van der Waals surface area contributed by atoms with Gasteiger partial charge < -0.3 is 20.2 Å². The van der Waals surface area contributed by atoms with Gasteiger partial charge in [0.2, 0.25) is 5.91 Å². The first-order valence-corrected chi connectivity index (χ1v) is 6.32. The van der Waals surface area contributed by atoms with Crippen LogP contribution in [0.2, 0.25) is 0 Å². The molecule has 5 nitrogen and oxygen atoms in total. The second kappa shape index (κ2) is 6.93. The van der Waals surface area contributed by atoms with E-state index in [2.05, 4.69) is 10.6 Å². The van der Waals surface area contributed by atoms with Crippen LogP contribution in [-0.2, 0) is 4.79 Å². The molecule has 2 heterocycles. The van der Waals surface area contributed by atoms with Crippen molar-refractivity contribution in [3.8, 4) is 0 Å². The topological polar surface area (TPSA) is 74.5 Å². The molecule has 0 spiro atoms. The quantitative estimate of drug-likeness (QED) is 0.779. The van der Waals surface area contributed by atoms with Crippen molar-refractivity contribution in [2.75, 3.05) is 19.6 Å². The van der Waals surface area contributed by atoms with Crippen LogP contribution in [0.4, 0.5) is 0 Å². The molecule has 3 N–H and O–H groups in total. The van der Waals surface area contributed by atoms with Crippen LogP contribution in [0.25, 0.3) is 0 Å². The number of aliphatic hydroxyl groups excluding tert-OH is 1. The first-order valence-electron chi connectivity index (χ1n) is 6.32. The molecule has 2 unspecified atom stereocenters. The lowest BCUT2D eigenvalue weighted by atomic mass is 9.82. The van der Waals surface area contributed by atoms with E-state index >= 15 is 0 Å². The summed E-state index contributed by atoms with van der Waals surface area (Å²) >= 11 is 0. The molecule has 2 atom stereocenters. The molecule has 1 aliphatic heterocycles. The number of hydrogen-bond acceptors (Lipinski definition) is 4. The van der Waals surface area contributed by atoms with Crippen molar-refractivity contribution in [2.24, 2.45) is 5.41 Å². The predicted octanol–water partition coefficient (Wildman–Crippen LogP) is 1.24. The molecule has 6 heteroatoms. The Labute approximate surface area is 119 Å². The van der Waals surface area contributed by atoms with E-state index in [9.17, 15) is 9.90 Å². The number of carbonyl (C=O) groups excluding carboxylic acids is 1. The molecule has 1 amide bonds. The Bertz CT molecular complexity index is 389. The minimum atomic E-state index is -0.788. The average Bonchev–Trinajstić information content (AvgIpc) is 2.90. The van der Waals surface area contributed by atoms with Gasteiger partial charge in [-0.15, -0.1) is 12.4 Å². The molecule has 0 aliphatic carbocycles. The smallest absolute Gasteiger partial charge is 0.227 e. The number of furan rings is 1. The van der Waals surface area contributed by atoms with Gasteiger partial charge in [-0.3, -0.25) is 4.79 Å². The zero-order valence-corrected chi connectivity index (χ0v) is 11.8. The lowest BCUT2D eigenvalue weighted by Gasteiger charge is -2.32. The number of halogens is 1. The number of hydrogen-bond donors (Lipinski definition) is 3. The summed E-state index contributed by atoms with van der Waals surface area (Å²) in [6, 6.07) is 3.41. The van der Waals surface area contributed by atoms with E-state index in [0.29, 0.717) is 12.3 Å². The van der Waals surface area contributed by atoms with Gasteiger partial charge in [0.05, 0.1) is 18.2 Å². The highest BCUT2D eigenvalue weighted by molar-refractivity contribution is 5.85. The maximum absolute atomic E-state index is 12.1. The summed E-state index contributed by atoms with van der Waals surface area (Å²) in [5.41, 5.74) is -0.374. The minimum Gasteiger partial charge on any atom is -0.467 e. The third-order valence-electron chi connectivity index (χ3n) is 3.47. The van der Waals surface area contributed by atoms with E-state index in [1.807, 2.05) is 6.92 Å². The van der Waals surface area contributed by atoms with Crippen LogP contribution in [0.3, 0.4) is 0 Å². The monoisotopic (exact) mass is 288 g/mol. The van der Waals surface area contributed by atoms with E-state index in [1.54, 1.807) is 12.1 Å². The maximum Gasteiger partial charge on any atom is 0.227 e. The van der Waals surface area contributed by atoms with Crippen molar-refractivity contribution in [3.05, 3.63) is 24.2 Å². The first-order chi connectivity index (χ1) is 8.62. The summed E-state index contributed by atoms with van der Waals surface area (Å²) in [5.74, 6) is 0.461. The third kappa shape index (κ3) is 3.96. The Balaban J connectivity index is 0.00000180. The summed E-state index contributed by atoms with van der Waals surface area (Å²) in [6.07, 6.45) is 2.60. The number of nitrogens with one attached hydrogen (secondary N) is 2. The lowest BCUT2D eigenvalue weighted by molar-refractivity contribution is -0.131. The van der Waals surface area contributed by atoms with Crippen molar-refractivity contribution in [1.82, 2.24) is 10.6 Å². The predicted molar refractivity (Wildman–Crippen MR) is 74.1 cm³/mol. The zero-order valence-electron chi connectivity index (χ0n) is 11.0. The van der Waals surface area contributed by atoms with Crippen molar-refractivity contribution in [2.45, 2.75) is 25.9 Å². The molecule has 0 bridgehead atoms. The number of carbonyl (C=O) groups is 1. The molecule has 2 rings (SSSR count). The van der Waals surface area contributed by atoms with E-state index in [1.165, 1.54) is 6.26 Å². The Hall–Kier alpha value is -1.04. The fourth-order valence-electron chi connectivity index (χ4n) is 2.23. The number of aliphatic hydroxyl groups is 1. The first kappa shape index (κ1) is 16.0. The molecule has 1 fully saturated rings. The second-order valence-corrected chi connectivity index (χ2v) is 5.08. The van der Waals surface area contributed by atoms with Gasteiger partial charge in [-0.05, 0) is 38.4 Å². The van der Waals surface area contributed by atoms with Crippen molar-refractivity contribution in [1.29, 1.82) is 0 Å². The molecule has 108 valence electrons. The summed E-state index contributed by atoms with van der Waals surface area (Å²) < 4.78 is 5.08. The summed E-state index contributed by atoms with van der Waals surface area (Å²) in [5, 5.41) is 15.8. The number of amides is 1. The van der Waals surface area contributed by atoms with E-state index in [4.69, 9.17) is 4.42 Å². The standard InChI is InChI=1S/C13H20N2O3.ClH/c1-13(5-3-6-14-9-13)12(17)15-8-10(16)11-4-2-7-18-11;/h2,4,7,10,14,16H,3,5-6,8-9H2,1H3,(H,15,17);1H. The average molecular weight is 289 g/mol. The molecule has 1 saturated heterocycles. The Morgan fingerprint density at radius 1 is 1.68 bits per heavy atom. The van der Waals surface area contributed by atoms with Gasteiger partial charge in [0.15, 0.2) is 0 Å². The molecule has 0 aromatic carbocycles. The van der Waals surface area contributed by atoms with Crippen molar-refractivity contribution in [3.63, 3.8) is 0 Å². The molecule has 1 aliphatic rings. The van der Waals surface area contributed by atoms with Crippen LogP contribution < -0.4 is 10.6 Å². The highest BCUT2D eigenvalue weighted by atomic mass is 35.5. The summed E-state index contributed by atoms with van der Waals surface area (Å²) in [4.78, 5) is 12.1. The second-order valence-electron chi connectivity index (χ2n) is 5.08. The summed E-state index contributed by atoms with van der Waals surface area (Å²) in [7, 11) is 0. The summed E-state index contributed by atoms with van der Waals surface area (Å²) in [6.45, 7) is 3.79. The maximum atomic E-state index is 12.1. The largest absolute Gasteiger partial charge is 0.467 e. The van der Waals surface area contributed by atoms with Crippen LogP contribution in [-0.4, -0.2) is 30.6 Å².